The molecule has 17 heavy (non-hydrogen) atoms. The number of nitrogens with two attached hydrogens (primary N) is 1. The number of aryl methyl sites for hydroxylation is 2. The molecule has 0 aromatic heterocycles. The Hall–Kier alpha value is -0.860. The van der Waals surface area contributed by atoms with E-state index < -0.39 is 6.10 Å². The van der Waals surface area contributed by atoms with E-state index in [2.05, 4.69) is 26.8 Å². The average Bonchev–Trinajstić information content (AvgIpc) is 2.25. The van der Waals surface area contributed by atoms with Crippen molar-refractivity contribution in [3.8, 4) is 0 Å². The molecule has 0 fully saturated rings. The quantitative estimate of drug-likeness (QED) is 0.823. The van der Waals surface area contributed by atoms with Gasteiger partial charge in [0.1, 0.15) is 0 Å². The summed E-state index contributed by atoms with van der Waals surface area (Å²) in [5.41, 5.74) is 9.36. The van der Waals surface area contributed by atoms with Crippen molar-refractivity contribution < 1.29 is 5.11 Å². The van der Waals surface area contributed by atoms with E-state index in [1.807, 2.05) is 19.1 Å². The fraction of sp³-hybridized carbons (Fsp3) is 0.600. The second-order valence-corrected chi connectivity index (χ2v) is 5.44. The van der Waals surface area contributed by atoms with Gasteiger partial charge in [0.05, 0.1) is 6.10 Å². The fourth-order valence-electron chi connectivity index (χ4n) is 2.07. The number of rotatable bonds is 5. The van der Waals surface area contributed by atoms with Crippen molar-refractivity contribution in [3.05, 3.63) is 34.9 Å². The Morgan fingerprint density at radius 3 is 2.35 bits per heavy atom. The highest BCUT2D eigenvalue weighted by atomic mass is 16.3. The van der Waals surface area contributed by atoms with Crippen molar-refractivity contribution in [2.45, 2.75) is 52.7 Å². The van der Waals surface area contributed by atoms with Crippen molar-refractivity contribution in [2.75, 3.05) is 0 Å². The molecule has 0 heterocycles. The minimum absolute atomic E-state index is 0.168. The molecule has 1 aromatic carbocycles. The molecule has 0 spiro atoms. The lowest BCUT2D eigenvalue weighted by atomic mass is 9.93. The van der Waals surface area contributed by atoms with E-state index in [1.54, 1.807) is 0 Å². The molecule has 0 radical (unpaired) electrons. The highest BCUT2D eigenvalue weighted by Crippen LogP contribution is 2.23. The smallest absolute Gasteiger partial charge is 0.0943 e. The van der Waals surface area contributed by atoms with Gasteiger partial charge >= 0.3 is 0 Å². The maximum absolute atomic E-state index is 10.2. The molecule has 0 bridgehead atoms. The Morgan fingerprint density at radius 1 is 1.18 bits per heavy atom. The van der Waals surface area contributed by atoms with Crippen LogP contribution in [0.4, 0.5) is 0 Å². The zero-order chi connectivity index (χ0) is 13.0. The zero-order valence-electron chi connectivity index (χ0n) is 11.4. The zero-order valence-corrected chi connectivity index (χ0v) is 11.4. The van der Waals surface area contributed by atoms with Crippen LogP contribution in [0, 0.1) is 19.8 Å². The highest BCUT2D eigenvalue weighted by molar-refractivity contribution is 5.32. The van der Waals surface area contributed by atoms with Gasteiger partial charge in [-0.3, -0.25) is 0 Å². The van der Waals surface area contributed by atoms with Gasteiger partial charge in [-0.15, -0.1) is 0 Å². The predicted molar refractivity (Wildman–Crippen MR) is 72.9 cm³/mol. The van der Waals surface area contributed by atoms with Crippen LogP contribution in [-0.4, -0.2) is 11.1 Å². The van der Waals surface area contributed by atoms with Gasteiger partial charge in [-0.05, 0) is 43.7 Å². The van der Waals surface area contributed by atoms with Crippen molar-refractivity contribution in [1.82, 2.24) is 0 Å². The monoisotopic (exact) mass is 235 g/mol. The van der Waals surface area contributed by atoms with Gasteiger partial charge in [-0.2, -0.15) is 0 Å². The largest absolute Gasteiger partial charge is 0.387 e. The molecule has 0 saturated heterocycles. The molecule has 0 aliphatic carbocycles. The summed E-state index contributed by atoms with van der Waals surface area (Å²) in [6.07, 6.45) is 1.38. The van der Waals surface area contributed by atoms with Crippen molar-refractivity contribution in [1.29, 1.82) is 0 Å². The van der Waals surface area contributed by atoms with Crippen LogP contribution in [0.25, 0.3) is 0 Å². The molecule has 2 atom stereocenters. The third kappa shape index (κ3) is 4.14. The van der Waals surface area contributed by atoms with Gasteiger partial charge in [0, 0.05) is 6.04 Å². The molecule has 0 aliphatic rings. The summed E-state index contributed by atoms with van der Waals surface area (Å²) in [4.78, 5) is 0. The predicted octanol–water partition coefficient (Wildman–Crippen LogP) is 3.10. The van der Waals surface area contributed by atoms with Gasteiger partial charge in [0.2, 0.25) is 0 Å². The first-order valence-electron chi connectivity index (χ1n) is 6.42. The SMILES string of the molecule is Cc1ccc(C(O)C(N)CCC(C)C)c(C)c1. The number of aliphatic hydroxyl groups is 1. The molecular weight excluding hydrogens is 210 g/mol. The number of aliphatic hydroxyl groups excluding tert-OH is 1. The third-order valence-corrected chi connectivity index (χ3v) is 3.23. The van der Waals surface area contributed by atoms with Gasteiger partial charge in [0.15, 0.2) is 0 Å². The van der Waals surface area contributed by atoms with Gasteiger partial charge in [-0.25, -0.2) is 0 Å². The molecule has 2 nitrogen and oxygen atoms in total. The first kappa shape index (κ1) is 14.2. The molecule has 1 rings (SSSR count). The Kier molecular flexibility index (Phi) is 5.16. The summed E-state index contributed by atoms with van der Waals surface area (Å²) < 4.78 is 0. The molecule has 0 saturated carbocycles. The molecule has 0 aliphatic heterocycles. The Labute approximate surface area is 105 Å². The normalized spacial score (nSPS) is 15.0. The minimum atomic E-state index is -0.547. The first-order chi connectivity index (χ1) is 7.91. The highest BCUT2D eigenvalue weighted by Gasteiger charge is 2.18. The molecular formula is C15H25NO. The summed E-state index contributed by atoms with van der Waals surface area (Å²) >= 11 is 0. The van der Waals surface area contributed by atoms with E-state index in [-0.39, 0.29) is 6.04 Å². The maximum Gasteiger partial charge on any atom is 0.0943 e. The van der Waals surface area contributed by atoms with Crippen LogP contribution >= 0.6 is 0 Å². The Morgan fingerprint density at radius 2 is 1.82 bits per heavy atom. The standard InChI is InChI=1S/C15H25NO/c1-10(2)5-8-14(16)15(17)13-7-6-11(3)9-12(13)4/h6-7,9-10,14-15,17H,5,8,16H2,1-4H3. The van der Waals surface area contributed by atoms with Crippen molar-refractivity contribution in [3.63, 3.8) is 0 Å². The summed E-state index contributed by atoms with van der Waals surface area (Å²) in [6.45, 7) is 8.44. The molecule has 3 N–H and O–H groups in total. The Bertz CT molecular complexity index is 360. The first-order valence-corrected chi connectivity index (χ1v) is 6.42. The van der Waals surface area contributed by atoms with Crippen molar-refractivity contribution >= 4 is 0 Å². The lowest BCUT2D eigenvalue weighted by Gasteiger charge is -2.21. The fourth-order valence-corrected chi connectivity index (χ4v) is 2.07. The van der Waals surface area contributed by atoms with Crippen LogP contribution in [0.2, 0.25) is 0 Å². The topological polar surface area (TPSA) is 46.2 Å². The number of hydrogen-bond donors (Lipinski definition) is 2. The van der Waals surface area contributed by atoms with Crippen LogP contribution in [0.5, 0.6) is 0 Å². The maximum atomic E-state index is 10.2. The summed E-state index contributed by atoms with van der Waals surface area (Å²) in [6, 6.07) is 5.94. The number of benzene rings is 1. The van der Waals surface area contributed by atoms with E-state index in [4.69, 9.17) is 5.73 Å². The molecule has 2 heteroatoms. The lowest BCUT2D eigenvalue weighted by Crippen LogP contribution is -2.29. The Balaban J connectivity index is 2.71. The third-order valence-electron chi connectivity index (χ3n) is 3.23. The van der Waals surface area contributed by atoms with Crippen LogP contribution in [0.1, 0.15) is 49.5 Å². The van der Waals surface area contributed by atoms with Crippen LogP contribution in [-0.2, 0) is 0 Å². The minimum Gasteiger partial charge on any atom is -0.387 e. The average molecular weight is 235 g/mol. The summed E-state index contributed by atoms with van der Waals surface area (Å²) in [5.74, 6) is 0.632. The van der Waals surface area contributed by atoms with E-state index in [1.165, 1.54) is 5.56 Å². The molecule has 2 unspecified atom stereocenters. The van der Waals surface area contributed by atoms with Gasteiger partial charge in [-0.1, -0.05) is 37.6 Å². The van der Waals surface area contributed by atoms with Crippen molar-refractivity contribution in [2.24, 2.45) is 11.7 Å². The number of hydrogen-bond acceptors (Lipinski definition) is 2. The van der Waals surface area contributed by atoms with Crippen LogP contribution in [0.15, 0.2) is 18.2 Å². The summed E-state index contributed by atoms with van der Waals surface area (Å²) in [7, 11) is 0. The molecule has 1 aromatic rings. The molecule has 96 valence electrons. The second kappa shape index (κ2) is 6.18. The second-order valence-electron chi connectivity index (χ2n) is 5.44. The van der Waals surface area contributed by atoms with E-state index >= 15 is 0 Å². The van der Waals surface area contributed by atoms with E-state index in [0.717, 1.165) is 24.0 Å². The van der Waals surface area contributed by atoms with Crippen LogP contribution in [0.3, 0.4) is 0 Å². The van der Waals surface area contributed by atoms with Crippen LogP contribution < -0.4 is 5.73 Å². The van der Waals surface area contributed by atoms with Gasteiger partial charge in [0.25, 0.3) is 0 Å². The molecule has 0 amide bonds. The lowest BCUT2D eigenvalue weighted by molar-refractivity contribution is 0.138. The van der Waals surface area contributed by atoms with E-state index in [0.29, 0.717) is 5.92 Å². The van der Waals surface area contributed by atoms with Gasteiger partial charge < -0.3 is 10.8 Å². The van der Waals surface area contributed by atoms with E-state index in [9.17, 15) is 5.11 Å². The summed E-state index contributed by atoms with van der Waals surface area (Å²) in [5, 5.41) is 10.2.